The fourth-order valence-electron chi connectivity index (χ4n) is 0.831. The third-order valence-corrected chi connectivity index (χ3v) is 2.02. The molecule has 0 aromatic carbocycles. The molecule has 1 atom stereocenters. The topological polar surface area (TPSA) is 74.2 Å². The van der Waals surface area contributed by atoms with E-state index in [1.165, 1.54) is 0 Å². The molecule has 5 nitrogen and oxygen atoms in total. The molecule has 0 amide bonds. The molecule has 0 fully saturated rings. The van der Waals surface area contributed by atoms with Gasteiger partial charge >= 0.3 is 6.01 Å². The first-order valence-electron chi connectivity index (χ1n) is 3.77. The number of nitrogens with two attached hydrogens (primary N) is 1. The molecule has 68 valence electrons. The monoisotopic (exact) mass is 171 g/mol. The predicted molar refractivity (Wildman–Crippen MR) is 43.4 cm³/mol. The highest BCUT2D eigenvalue weighted by molar-refractivity contribution is 5.08. The second kappa shape index (κ2) is 3.10. The molecule has 0 spiro atoms. The van der Waals surface area contributed by atoms with Crippen LogP contribution in [0, 0.1) is 0 Å². The lowest BCUT2D eigenvalue weighted by Gasteiger charge is -2.21. The van der Waals surface area contributed by atoms with E-state index < -0.39 is 5.60 Å². The maximum Gasteiger partial charge on any atom is 0.312 e. The Balaban J connectivity index is 2.94. The molecule has 1 aromatic heterocycles. The number of aromatic nitrogens is 2. The van der Waals surface area contributed by atoms with Crippen LogP contribution in [-0.4, -0.2) is 17.3 Å². The van der Waals surface area contributed by atoms with Gasteiger partial charge in [0.25, 0.3) is 0 Å². The van der Waals surface area contributed by atoms with Crippen LogP contribution in [0.3, 0.4) is 0 Å². The highest BCUT2D eigenvalue weighted by Crippen LogP contribution is 2.26. The van der Waals surface area contributed by atoms with Crippen molar-refractivity contribution in [2.45, 2.75) is 25.9 Å². The maximum atomic E-state index is 5.29. The third kappa shape index (κ3) is 1.40. The van der Waals surface area contributed by atoms with Crippen LogP contribution in [-0.2, 0) is 10.3 Å². The fourth-order valence-corrected chi connectivity index (χ4v) is 0.831. The molecule has 0 saturated heterocycles. The summed E-state index contributed by atoms with van der Waals surface area (Å²) in [7, 11) is 1.60. The van der Waals surface area contributed by atoms with E-state index in [9.17, 15) is 0 Å². The Labute approximate surface area is 70.9 Å². The van der Waals surface area contributed by atoms with Gasteiger partial charge in [0.1, 0.15) is 5.60 Å². The first kappa shape index (κ1) is 8.99. The molecule has 12 heavy (non-hydrogen) atoms. The van der Waals surface area contributed by atoms with Crippen LogP contribution in [0.4, 0.5) is 6.01 Å². The number of rotatable bonds is 3. The number of hydrogen-bond acceptors (Lipinski definition) is 5. The normalized spacial score (nSPS) is 15.9. The Morgan fingerprint density at radius 2 is 2.25 bits per heavy atom. The van der Waals surface area contributed by atoms with E-state index in [4.69, 9.17) is 14.9 Å². The van der Waals surface area contributed by atoms with Crippen molar-refractivity contribution in [1.82, 2.24) is 10.2 Å². The average molecular weight is 171 g/mol. The van der Waals surface area contributed by atoms with Crippen LogP contribution < -0.4 is 5.73 Å². The summed E-state index contributed by atoms with van der Waals surface area (Å²) in [5, 5.41) is 7.32. The summed E-state index contributed by atoms with van der Waals surface area (Å²) in [5.41, 5.74) is 4.77. The second-order valence-electron chi connectivity index (χ2n) is 2.73. The molecular formula is C7H13N3O2. The third-order valence-electron chi connectivity index (χ3n) is 2.02. The zero-order chi connectivity index (χ0) is 9.19. The minimum absolute atomic E-state index is 0.0710. The minimum Gasteiger partial charge on any atom is -0.405 e. The maximum absolute atomic E-state index is 5.29. The van der Waals surface area contributed by atoms with Crippen LogP contribution in [0.25, 0.3) is 0 Å². The van der Waals surface area contributed by atoms with Gasteiger partial charge in [-0.2, -0.15) is 0 Å². The number of hydrogen-bond donors (Lipinski definition) is 1. The molecule has 1 heterocycles. The quantitative estimate of drug-likeness (QED) is 0.732. The van der Waals surface area contributed by atoms with Gasteiger partial charge in [-0.25, -0.2) is 0 Å². The first-order valence-corrected chi connectivity index (χ1v) is 3.77. The summed E-state index contributed by atoms with van der Waals surface area (Å²) in [5.74, 6) is 0.421. The van der Waals surface area contributed by atoms with Crippen molar-refractivity contribution in [1.29, 1.82) is 0 Å². The zero-order valence-electron chi connectivity index (χ0n) is 7.50. The Kier molecular flexibility index (Phi) is 2.32. The molecule has 2 N–H and O–H groups in total. The van der Waals surface area contributed by atoms with Crippen molar-refractivity contribution in [3.8, 4) is 0 Å². The van der Waals surface area contributed by atoms with Crippen molar-refractivity contribution < 1.29 is 9.15 Å². The summed E-state index contributed by atoms with van der Waals surface area (Å²) in [6.07, 6.45) is 0.755. The molecule has 0 aliphatic heterocycles. The lowest BCUT2D eigenvalue weighted by molar-refractivity contribution is -0.0230. The molecule has 0 bridgehead atoms. The van der Waals surface area contributed by atoms with Crippen LogP contribution in [0.5, 0.6) is 0 Å². The minimum atomic E-state index is -0.523. The molecular weight excluding hydrogens is 158 g/mol. The summed E-state index contributed by atoms with van der Waals surface area (Å²) in [4.78, 5) is 0. The van der Waals surface area contributed by atoms with Gasteiger partial charge in [-0.3, -0.25) is 0 Å². The number of methoxy groups -OCH3 is 1. The summed E-state index contributed by atoms with van der Waals surface area (Å²) >= 11 is 0. The van der Waals surface area contributed by atoms with Crippen LogP contribution >= 0.6 is 0 Å². The number of nitrogen functional groups attached to an aromatic ring is 1. The number of ether oxygens (including phenoxy) is 1. The van der Waals surface area contributed by atoms with E-state index in [0.717, 1.165) is 6.42 Å². The summed E-state index contributed by atoms with van der Waals surface area (Å²) in [6, 6.07) is 0.0710. The van der Waals surface area contributed by atoms with Gasteiger partial charge in [0.15, 0.2) is 0 Å². The molecule has 0 aliphatic carbocycles. The Hall–Kier alpha value is -1.10. The van der Waals surface area contributed by atoms with Crippen molar-refractivity contribution in [3.05, 3.63) is 5.89 Å². The van der Waals surface area contributed by atoms with Crippen LogP contribution in [0.1, 0.15) is 26.2 Å². The standard InChI is InChI=1S/C7H13N3O2/c1-4-7(2,11-3)5-9-10-6(8)12-5/h4H2,1-3H3,(H2,8,10). The predicted octanol–water partition coefficient (Wildman–Crippen LogP) is 0.923. The highest BCUT2D eigenvalue weighted by Gasteiger charge is 2.30. The van der Waals surface area contributed by atoms with Gasteiger partial charge in [0, 0.05) is 7.11 Å². The van der Waals surface area contributed by atoms with Crippen molar-refractivity contribution in [3.63, 3.8) is 0 Å². The Morgan fingerprint density at radius 3 is 2.58 bits per heavy atom. The average Bonchev–Trinajstić information content (AvgIpc) is 2.51. The van der Waals surface area contributed by atoms with E-state index >= 15 is 0 Å². The van der Waals surface area contributed by atoms with Crippen molar-refractivity contribution in [2.24, 2.45) is 0 Å². The van der Waals surface area contributed by atoms with Crippen LogP contribution in [0.15, 0.2) is 4.42 Å². The molecule has 5 heteroatoms. The van der Waals surface area contributed by atoms with Gasteiger partial charge in [-0.05, 0) is 13.3 Å². The van der Waals surface area contributed by atoms with Gasteiger partial charge in [0.2, 0.25) is 5.89 Å². The van der Waals surface area contributed by atoms with Gasteiger partial charge in [0.05, 0.1) is 0 Å². The zero-order valence-corrected chi connectivity index (χ0v) is 7.50. The van der Waals surface area contributed by atoms with Gasteiger partial charge in [-0.1, -0.05) is 12.0 Å². The smallest absolute Gasteiger partial charge is 0.312 e. The largest absolute Gasteiger partial charge is 0.405 e. The Bertz CT molecular complexity index is 255. The SMILES string of the molecule is CCC(C)(OC)c1nnc(N)o1. The van der Waals surface area contributed by atoms with Crippen molar-refractivity contribution in [2.75, 3.05) is 12.8 Å². The van der Waals surface area contributed by atoms with Crippen molar-refractivity contribution >= 4 is 6.01 Å². The lowest BCUT2D eigenvalue weighted by Crippen LogP contribution is -2.23. The highest BCUT2D eigenvalue weighted by atomic mass is 16.5. The first-order chi connectivity index (χ1) is 5.62. The molecule has 0 saturated carbocycles. The molecule has 0 radical (unpaired) electrons. The van der Waals surface area contributed by atoms with Crippen LogP contribution in [0.2, 0.25) is 0 Å². The summed E-state index contributed by atoms with van der Waals surface area (Å²) in [6.45, 7) is 3.85. The number of nitrogens with zero attached hydrogens (tertiary/aromatic N) is 2. The van der Waals surface area contributed by atoms with E-state index in [1.54, 1.807) is 7.11 Å². The van der Waals surface area contributed by atoms with E-state index in [-0.39, 0.29) is 6.01 Å². The summed E-state index contributed by atoms with van der Waals surface area (Å²) < 4.78 is 10.3. The fraction of sp³-hybridized carbons (Fsp3) is 0.714. The van der Waals surface area contributed by atoms with Gasteiger partial charge in [-0.15, -0.1) is 5.10 Å². The van der Waals surface area contributed by atoms with Gasteiger partial charge < -0.3 is 14.9 Å². The van der Waals surface area contributed by atoms with E-state index in [0.29, 0.717) is 5.89 Å². The molecule has 0 aliphatic rings. The lowest BCUT2D eigenvalue weighted by atomic mass is 10.0. The Morgan fingerprint density at radius 1 is 1.58 bits per heavy atom. The van der Waals surface area contributed by atoms with E-state index in [2.05, 4.69) is 10.2 Å². The second-order valence-corrected chi connectivity index (χ2v) is 2.73. The molecule has 1 rings (SSSR count). The van der Waals surface area contributed by atoms with E-state index in [1.807, 2.05) is 13.8 Å². The molecule has 1 aromatic rings. The molecule has 1 unspecified atom stereocenters. The number of anilines is 1.